The molecule has 0 aliphatic rings. The zero-order valence-electron chi connectivity index (χ0n) is 14.3. The van der Waals surface area contributed by atoms with Crippen molar-refractivity contribution in [1.29, 1.82) is 0 Å². The minimum Gasteiger partial charge on any atom is -0.472 e. The molecular weight excluding hydrogens is 352 g/mol. The van der Waals surface area contributed by atoms with Gasteiger partial charge in [0.2, 0.25) is 10.0 Å². The molecule has 0 atom stereocenters. The van der Waals surface area contributed by atoms with Gasteiger partial charge in [-0.1, -0.05) is 36.4 Å². The summed E-state index contributed by atoms with van der Waals surface area (Å²) in [6, 6.07) is 16.4. The summed E-state index contributed by atoms with van der Waals surface area (Å²) in [4.78, 5) is 12.4. The molecule has 0 fully saturated rings. The Kier molecular flexibility index (Phi) is 4.81. The lowest BCUT2D eigenvalue weighted by molar-refractivity contribution is 0.102. The maximum Gasteiger partial charge on any atom is 0.258 e. The highest BCUT2D eigenvalue weighted by atomic mass is 32.2. The number of benzene rings is 2. The largest absolute Gasteiger partial charge is 0.472 e. The monoisotopic (exact) mass is 370 g/mol. The molecular formula is C19H18N2O4S. The van der Waals surface area contributed by atoms with Gasteiger partial charge in [-0.2, -0.15) is 0 Å². The van der Waals surface area contributed by atoms with Crippen LogP contribution in [0.1, 0.15) is 10.4 Å². The molecule has 7 heteroatoms. The Balaban J connectivity index is 2.05. The fourth-order valence-electron chi connectivity index (χ4n) is 2.49. The van der Waals surface area contributed by atoms with Gasteiger partial charge in [0.25, 0.3) is 5.91 Å². The topological polar surface area (TPSA) is 79.6 Å². The molecule has 2 aromatic carbocycles. The molecule has 1 N–H and O–H groups in total. The van der Waals surface area contributed by atoms with Crippen molar-refractivity contribution >= 4 is 27.3 Å². The molecule has 1 heterocycles. The molecule has 26 heavy (non-hydrogen) atoms. The highest BCUT2D eigenvalue weighted by molar-refractivity contribution is 7.92. The van der Waals surface area contributed by atoms with E-state index in [0.717, 1.165) is 21.7 Å². The molecule has 0 radical (unpaired) electrons. The smallest absolute Gasteiger partial charge is 0.258 e. The van der Waals surface area contributed by atoms with Crippen LogP contribution in [0.3, 0.4) is 0 Å². The van der Waals surface area contributed by atoms with Crippen LogP contribution >= 0.6 is 0 Å². The Bertz CT molecular complexity index is 1010. The van der Waals surface area contributed by atoms with Crippen molar-refractivity contribution < 1.29 is 17.6 Å². The van der Waals surface area contributed by atoms with Crippen LogP contribution in [0.25, 0.3) is 11.1 Å². The number of carbonyl (C=O) groups excluding carboxylic acids is 1. The molecule has 0 spiro atoms. The van der Waals surface area contributed by atoms with E-state index in [1.165, 1.54) is 25.6 Å². The molecule has 0 unspecified atom stereocenters. The van der Waals surface area contributed by atoms with Crippen LogP contribution in [0.5, 0.6) is 0 Å². The first-order valence-corrected chi connectivity index (χ1v) is 9.68. The summed E-state index contributed by atoms with van der Waals surface area (Å²) in [6.07, 6.45) is 3.84. The second kappa shape index (κ2) is 7.05. The second-order valence-electron chi connectivity index (χ2n) is 5.79. The van der Waals surface area contributed by atoms with Crippen LogP contribution in [0.15, 0.2) is 71.5 Å². The Morgan fingerprint density at radius 3 is 2.38 bits per heavy atom. The van der Waals surface area contributed by atoms with Gasteiger partial charge in [-0.25, -0.2) is 8.42 Å². The first-order valence-electron chi connectivity index (χ1n) is 7.83. The Morgan fingerprint density at radius 2 is 1.77 bits per heavy atom. The minimum absolute atomic E-state index is 0.350. The molecule has 3 aromatic rings. The van der Waals surface area contributed by atoms with Gasteiger partial charge < -0.3 is 9.73 Å². The first-order chi connectivity index (χ1) is 12.4. The van der Waals surface area contributed by atoms with Crippen LogP contribution in [0.4, 0.5) is 11.4 Å². The van der Waals surface area contributed by atoms with Gasteiger partial charge in [-0.3, -0.25) is 9.10 Å². The number of furan rings is 1. The summed E-state index contributed by atoms with van der Waals surface area (Å²) in [5.41, 5.74) is 2.94. The first kappa shape index (κ1) is 17.8. The zero-order valence-corrected chi connectivity index (χ0v) is 15.2. The quantitative estimate of drug-likeness (QED) is 0.744. The van der Waals surface area contributed by atoms with Gasteiger partial charge in [-0.05, 0) is 29.3 Å². The third-order valence-electron chi connectivity index (χ3n) is 3.97. The summed E-state index contributed by atoms with van der Waals surface area (Å²) >= 11 is 0. The minimum atomic E-state index is -3.48. The Labute approximate surface area is 152 Å². The predicted molar refractivity (Wildman–Crippen MR) is 102 cm³/mol. The van der Waals surface area contributed by atoms with E-state index in [1.807, 2.05) is 36.4 Å². The number of anilines is 2. The van der Waals surface area contributed by atoms with E-state index in [0.29, 0.717) is 16.9 Å². The molecule has 1 aromatic heterocycles. The van der Waals surface area contributed by atoms with Crippen molar-refractivity contribution in [2.24, 2.45) is 0 Å². The van der Waals surface area contributed by atoms with Crippen LogP contribution in [0.2, 0.25) is 0 Å². The highest BCUT2D eigenvalue weighted by Gasteiger charge is 2.19. The highest BCUT2D eigenvalue weighted by Crippen LogP contribution is 2.32. The lowest BCUT2D eigenvalue weighted by Crippen LogP contribution is -2.26. The van der Waals surface area contributed by atoms with E-state index < -0.39 is 10.0 Å². The standard InChI is InChI=1S/C19H18N2O4S/c1-21(26(2,23)24)18-9-8-15(14-6-4-3-5-7-14)12-17(18)20-19(22)16-10-11-25-13-16/h3-13H,1-2H3,(H,20,22). The molecule has 0 saturated carbocycles. The third kappa shape index (κ3) is 3.78. The fourth-order valence-corrected chi connectivity index (χ4v) is 3.00. The second-order valence-corrected chi connectivity index (χ2v) is 7.81. The molecule has 0 aliphatic carbocycles. The van der Waals surface area contributed by atoms with Gasteiger partial charge >= 0.3 is 0 Å². The maximum atomic E-state index is 12.4. The van der Waals surface area contributed by atoms with E-state index in [2.05, 4.69) is 5.32 Å². The summed E-state index contributed by atoms with van der Waals surface area (Å²) in [7, 11) is -2.04. The molecule has 0 bridgehead atoms. The number of amides is 1. The Morgan fingerprint density at radius 1 is 1.04 bits per heavy atom. The lowest BCUT2D eigenvalue weighted by atomic mass is 10.0. The third-order valence-corrected chi connectivity index (χ3v) is 5.16. The average molecular weight is 370 g/mol. The number of nitrogens with one attached hydrogen (secondary N) is 1. The summed E-state index contributed by atoms with van der Waals surface area (Å²) < 4.78 is 30.0. The van der Waals surface area contributed by atoms with Crippen LogP contribution < -0.4 is 9.62 Å². The Hall–Kier alpha value is -3.06. The van der Waals surface area contributed by atoms with Crippen molar-refractivity contribution in [3.05, 3.63) is 72.7 Å². The number of rotatable bonds is 5. The number of nitrogens with zero attached hydrogens (tertiary/aromatic N) is 1. The van der Waals surface area contributed by atoms with Crippen LogP contribution in [0, 0.1) is 0 Å². The number of sulfonamides is 1. The molecule has 0 saturated heterocycles. The van der Waals surface area contributed by atoms with Gasteiger partial charge in [-0.15, -0.1) is 0 Å². The SMILES string of the molecule is CN(c1ccc(-c2ccccc2)cc1NC(=O)c1ccoc1)S(C)(=O)=O. The van der Waals surface area contributed by atoms with Gasteiger partial charge in [0.15, 0.2) is 0 Å². The van der Waals surface area contributed by atoms with E-state index in [-0.39, 0.29) is 5.91 Å². The van der Waals surface area contributed by atoms with Crippen molar-refractivity contribution in [3.63, 3.8) is 0 Å². The predicted octanol–water partition coefficient (Wildman–Crippen LogP) is 3.59. The number of hydrogen-bond donors (Lipinski definition) is 1. The van der Waals surface area contributed by atoms with Crippen LogP contribution in [-0.2, 0) is 10.0 Å². The molecule has 0 aliphatic heterocycles. The van der Waals surface area contributed by atoms with Crippen molar-refractivity contribution in [1.82, 2.24) is 0 Å². The number of carbonyl (C=O) groups is 1. The van der Waals surface area contributed by atoms with Gasteiger partial charge in [0, 0.05) is 7.05 Å². The lowest BCUT2D eigenvalue weighted by Gasteiger charge is -2.21. The zero-order chi connectivity index (χ0) is 18.7. The van der Waals surface area contributed by atoms with E-state index >= 15 is 0 Å². The van der Waals surface area contributed by atoms with Crippen molar-refractivity contribution in [2.75, 3.05) is 22.9 Å². The van der Waals surface area contributed by atoms with E-state index in [4.69, 9.17) is 4.42 Å². The molecule has 1 amide bonds. The van der Waals surface area contributed by atoms with Gasteiger partial charge in [0.05, 0.1) is 29.5 Å². The molecule has 3 rings (SSSR count). The molecule has 134 valence electrons. The summed E-state index contributed by atoms with van der Waals surface area (Å²) in [5, 5.41) is 2.77. The maximum absolute atomic E-state index is 12.4. The van der Waals surface area contributed by atoms with Crippen molar-refractivity contribution in [2.45, 2.75) is 0 Å². The van der Waals surface area contributed by atoms with E-state index in [1.54, 1.807) is 12.1 Å². The van der Waals surface area contributed by atoms with Crippen LogP contribution in [-0.4, -0.2) is 27.6 Å². The van der Waals surface area contributed by atoms with E-state index in [9.17, 15) is 13.2 Å². The molecule has 6 nitrogen and oxygen atoms in total. The summed E-state index contributed by atoms with van der Waals surface area (Å²) in [5.74, 6) is -0.382. The summed E-state index contributed by atoms with van der Waals surface area (Å²) in [6.45, 7) is 0. The number of hydrogen-bond acceptors (Lipinski definition) is 4. The average Bonchev–Trinajstić information content (AvgIpc) is 3.16. The normalized spacial score (nSPS) is 11.2. The van der Waals surface area contributed by atoms with Crippen molar-refractivity contribution in [3.8, 4) is 11.1 Å². The van der Waals surface area contributed by atoms with Gasteiger partial charge in [0.1, 0.15) is 6.26 Å². The fraction of sp³-hybridized carbons (Fsp3) is 0.105.